The molecular weight excluding hydrogens is 220 g/mol. The van der Waals surface area contributed by atoms with Gasteiger partial charge in [0.25, 0.3) is 0 Å². The van der Waals surface area contributed by atoms with E-state index in [9.17, 15) is 10.1 Å². The van der Waals surface area contributed by atoms with Gasteiger partial charge in [0.1, 0.15) is 5.69 Å². The van der Waals surface area contributed by atoms with Crippen LogP contribution in [0.1, 0.15) is 19.0 Å². The molecule has 1 rings (SSSR count). The molecule has 0 radical (unpaired) electrons. The first-order valence-corrected chi connectivity index (χ1v) is 4.86. The highest BCUT2D eigenvalue weighted by atomic mass is 35.5. The van der Waals surface area contributed by atoms with Crippen molar-refractivity contribution in [1.82, 2.24) is 9.97 Å². The number of halogens is 1. The van der Waals surface area contributed by atoms with Gasteiger partial charge in [0, 0.05) is 6.54 Å². The Morgan fingerprint density at radius 3 is 2.73 bits per heavy atom. The summed E-state index contributed by atoms with van der Waals surface area (Å²) in [6, 6.07) is 0. The summed E-state index contributed by atoms with van der Waals surface area (Å²) in [4.78, 5) is 17.8. The molecule has 0 bridgehead atoms. The van der Waals surface area contributed by atoms with E-state index >= 15 is 0 Å². The molecule has 15 heavy (non-hydrogen) atoms. The van der Waals surface area contributed by atoms with Gasteiger partial charge in [-0.05, 0) is 24.9 Å². The first-order valence-electron chi connectivity index (χ1n) is 4.48. The highest BCUT2D eigenvalue weighted by Crippen LogP contribution is 2.26. The minimum atomic E-state index is -0.510. The van der Waals surface area contributed by atoms with Crippen molar-refractivity contribution in [2.45, 2.75) is 20.3 Å². The molecule has 0 aromatic carbocycles. The summed E-state index contributed by atoms with van der Waals surface area (Å²) in [6.45, 7) is 4.09. The van der Waals surface area contributed by atoms with Crippen LogP contribution in [0, 0.1) is 17.0 Å². The molecule has 1 aromatic rings. The molecule has 0 saturated heterocycles. The van der Waals surface area contributed by atoms with Crippen LogP contribution in [0.5, 0.6) is 0 Å². The molecule has 0 unspecified atom stereocenters. The Hall–Kier alpha value is -1.43. The molecule has 0 aliphatic heterocycles. The van der Waals surface area contributed by atoms with Crippen molar-refractivity contribution in [2.24, 2.45) is 0 Å². The third-order valence-electron chi connectivity index (χ3n) is 1.76. The Morgan fingerprint density at radius 2 is 2.20 bits per heavy atom. The summed E-state index contributed by atoms with van der Waals surface area (Å²) < 4.78 is 0. The number of aromatic nitrogens is 2. The maximum atomic E-state index is 10.8. The maximum absolute atomic E-state index is 10.8. The minimum Gasteiger partial charge on any atom is -0.364 e. The van der Waals surface area contributed by atoms with Crippen LogP contribution >= 0.6 is 11.6 Å². The number of aryl methyl sites for hydroxylation is 1. The zero-order valence-electron chi connectivity index (χ0n) is 8.45. The van der Waals surface area contributed by atoms with E-state index in [4.69, 9.17) is 11.6 Å². The summed E-state index contributed by atoms with van der Waals surface area (Å²) in [6.07, 6.45) is 0.845. The molecule has 0 fully saturated rings. The van der Waals surface area contributed by atoms with E-state index < -0.39 is 4.92 Å². The monoisotopic (exact) mass is 230 g/mol. The Kier molecular flexibility index (Phi) is 3.79. The van der Waals surface area contributed by atoms with Gasteiger partial charge in [-0.3, -0.25) is 10.1 Å². The molecule has 0 aliphatic carbocycles. The molecule has 1 aromatic heterocycles. The van der Waals surface area contributed by atoms with Gasteiger partial charge in [-0.2, -0.15) is 4.98 Å². The number of nitrogens with zero attached hydrogens (tertiary/aromatic N) is 3. The Morgan fingerprint density at radius 1 is 1.53 bits per heavy atom. The molecular formula is C8H11ClN4O2. The molecule has 0 amide bonds. The van der Waals surface area contributed by atoms with Crippen molar-refractivity contribution in [1.29, 1.82) is 0 Å². The van der Waals surface area contributed by atoms with E-state index in [1.54, 1.807) is 0 Å². The molecule has 0 atom stereocenters. The number of anilines is 1. The Bertz CT molecular complexity index is 383. The SMILES string of the molecule is CCCNc1nc(Cl)nc(C)c1[N+](=O)[O-]. The number of hydrogen-bond acceptors (Lipinski definition) is 5. The van der Waals surface area contributed by atoms with Gasteiger partial charge < -0.3 is 5.32 Å². The highest BCUT2D eigenvalue weighted by Gasteiger charge is 2.20. The van der Waals surface area contributed by atoms with Crippen LogP contribution in [0.3, 0.4) is 0 Å². The zero-order valence-corrected chi connectivity index (χ0v) is 9.21. The van der Waals surface area contributed by atoms with E-state index in [-0.39, 0.29) is 22.5 Å². The lowest BCUT2D eigenvalue weighted by Crippen LogP contribution is -2.08. The fourth-order valence-electron chi connectivity index (χ4n) is 1.12. The fourth-order valence-corrected chi connectivity index (χ4v) is 1.33. The quantitative estimate of drug-likeness (QED) is 0.487. The van der Waals surface area contributed by atoms with Gasteiger partial charge in [0.05, 0.1) is 4.92 Å². The lowest BCUT2D eigenvalue weighted by atomic mass is 10.3. The van der Waals surface area contributed by atoms with Gasteiger partial charge in [-0.25, -0.2) is 4.98 Å². The number of nitro groups is 1. The van der Waals surface area contributed by atoms with Crippen LogP contribution < -0.4 is 5.32 Å². The molecule has 1 heterocycles. The summed E-state index contributed by atoms with van der Waals surface area (Å²) in [7, 11) is 0. The number of hydrogen-bond donors (Lipinski definition) is 1. The first kappa shape index (κ1) is 11.6. The van der Waals surface area contributed by atoms with Crippen LogP contribution in [-0.4, -0.2) is 21.4 Å². The van der Waals surface area contributed by atoms with E-state index in [0.29, 0.717) is 6.54 Å². The van der Waals surface area contributed by atoms with E-state index in [1.165, 1.54) is 6.92 Å². The van der Waals surface area contributed by atoms with E-state index in [1.807, 2.05) is 6.92 Å². The number of nitrogens with one attached hydrogen (secondary N) is 1. The second-order valence-electron chi connectivity index (χ2n) is 2.96. The summed E-state index contributed by atoms with van der Waals surface area (Å²) in [5.41, 5.74) is 0.145. The third-order valence-corrected chi connectivity index (χ3v) is 1.93. The van der Waals surface area contributed by atoms with Crippen molar-refractivity contribution in [3.63, 3.8) is 0 Å². The van der Waals surface area contributed by atoms with Crippen molar-refractivity contribution in [2.75, 3.05) is 11.9 Å². The lowest BCUT2D eigenvalue weighted by molar-refractivity contribution is -0.385. The molecule has 7 heteroatoms. The Balaban J connectivity index is 3.14. The first-order chi connectivity index (χ1) is 7.06. The van der Waals surface area contributed by atoms with Gasteiger partial charge in [0.15, 0.2) is 0 Å². The molecule has 0 saturated carbocycles. The fraction of sp³-hybridized carbons (Fsp3) is 0.500. The smallest absolute Gasteiger partial charge is 0.332 e. The third kappa shape index (κ3) is 2.76. The van der Waals surface area contributed by atoms with E-state index in [0.717, 1.165) is 6.42 Å². The standard InChI is InChI=1S/C8H11ClN4O2/c1-3-4-10-7-6(13(14)15)5(2)11-8(9)12-7/h3-4H2,1-2H3,(H,10,11,12). The molecule has 0 aliphatic rings. The van der Waals surface area contributed by atoms with Crippen LogP contribution in [0.2, 0.25) is 5.28 Å². The van der Waals surface area contributed by atoms with Crippen LogP contribution in [0.15, 0.2) is 0 Å². The summed E-state index contributed by atoms with van der Waals surface area (Å²) in [5.74, 6) is 0.180. The van der Waals surface area contributed by atoms with Crippen molar-refractivity contribution in [3.8, 4) is 0 Å². The summed E-state index contributed by atoms with van der Waals surface area (Å²) >= 11 is 5.62. The lowest BCUT2D eigenvalue weighted by Gasteiger charge is -2.06. The second kappa shape index (κ2) is 4.88. The van der Waals surface area contributed by atoms with Gasteiger partial charge in [0.2, 0.25) is 11.1 Å². The topological polar surface area (TPSA) is 81.0 Å². The average molecular weight is 231 g/mol. The largest absolute Gasteiger partial charge is 0.364 e. The van der Waals surface area contributed by atoms with Gasteiger partial charge >= 0.3 is 5.69 Å². The van der Waals surface area contributed by atoms with E-state index in [2.05, 4.69) is 15.3 Å². The molecule has 82 valence electrons. The van der Waals surface area contributed by atoms with Crippen molar-refractivity contribution in [3.05, 3.63) is 21.1 Å². The second-order valence-corrected chi connectivity index (χ2v) is 3.30. The molecule has 1 N–H and O–H groups in total. The van der Waals surface area contributed by atoms with Gasteiger partial charge in [-0.1, -0.05) is 6.92 Å². The zero-order chi connectivity index (χ0) is 11.4. The van der Waals surface area contributed by atoms with Crippen LogP contribution in [0.25, 0.3) is 0 Å². The Labute approximate surface area is 91.8 Å². The van der Waals surface area contributed by atoms with Crippen LogP contribution in [0.4, 0.5) is 11.5 Å². The van der Waals surface area contributed by atoms with Crippen molar-refractivity contribution >= 4 is 23.1 Å². The van der Waals surface area contributed by atoms with Gasteiger partial charge in [-0.15, -0.1) is 0 Å². The van der Waals surface area contributed by atoms with Crippen LogP contribution in [-0.2, 0) is 0 Å². The van der Waals surface area contributed by atoms with Crippen molar-refractivity contribution < 1.29 is 4.92 Å². The molecule has 0 spiro atoms. The predicted molar refractivity (Wildman–Crippen MR) is 57.2 cm³/mol. The predicted octanol–water partition coefficient (Wildman–Crippen LogP) is 2.17. The minimum absolute atomic E-state index is 0.0108. The normalized spacial score (nSPS) is 10.1. The summed E-state index contributed by atoms with van der Waals surface area (Å²) in [5, 5.41) is 13.6. The molecule has 6 nitrogen and oxygen atoms in total. The highest BCUT2D eigenvalue weighted by molar-refractivity contribution is 6.28. The average Bonchev–Trinajstić information content (AvgIpc) is 2.12. The number of rotatable bonds is 4. The maximum Gasteiger partial charge on any atom is 0.332 e.